The molecule has 4 rings (SSSR count). The van der Waals surface area contributed by atoms with E-state index in [4.69, 9.17) is 16.3 Å². The number of ether oxygens (including phenoxy) is 1. The summed E-state index contributed by atoms with van der Waals surface area (Å²) in [6.45, 7) is 5.20. The van der Waals surface area contributed by atoms with E-state index in [9.17, 15) is 9.90 Å². The Hall–Kier alpha value is -3.14. The lowest BCUT2D eigenvalue weighted by Crippen LogP contribution is -2.15. The van der Waals surface area contributed by atoms with Gasteiger partial charge in [0.2, 0.25) is 0 Å². The van der Waals surface area contributed by atoms with Crippen LogP contribution in [-0.2, 0) is 5.60 Å². The molecule has 0 radical (unpaired) electrons. The number of nitrogens with zero attached hydrogens (tertiary/aromatic N) is 4. The summed E-state index contributed by atoms with van der Waals surface area (Å²) in [5.41, 5.74) is 2.43. The molecule has 0 spiro atoms. The lowest BCUT2D eigenvalue weighted by Gasteiger charge is -2.16. The van der Waals surface area contributed by atoms with Crippen LogP contribution in [-0.4, -0.2) is 38.1 Å². The van der Waals surface area contributed by atoms with Crippen molar-refractivity contribution < 1.29 is 14.6 Å². The first kappa shape index (κ1) is 22.1. The number of carbonyl (C=O) groups is 1. The highest BCUT2D eigenvalue weighted by molar-refractivity contribution is 7.22. The molecule has 0 aliphatic carbocycles. The number of methoxy groups -OCH3 is 1. The molecule has 2 N–H and O–H groups in total. The summed E-state index contributed by atoms with van der Waals surface area (Å²) < 4.78 is 6.17. The monoisotopic (exact) mass is 469 g/mol. The summed E-state index contributed by atoms with van der Waals surface area (Å²) in [5.74, 6) is 0.0987. The topological polar surface area (TPSA) is 110 Å². The van der Waals surface area contributed by atoms with Crippen LogP contribution in [0.2, 0.25) is 5.15 Å². The minimum Gasteiger partial charge on any atom is -0.494 e. The number of halogens is 1. The molecule has 0 saturated carbocycles. The van der Waals surface area contributed by atoms with Gasteiger partial charge in [0.25, 0.3) is 5.91 Å². The first-order valence-electron chi connectivity index (χ1n) is 9.63. The summed E-state index contributed by atoms with van der Waals surface area (Å²) in [6, 6.07) is 5.25. The van der Waals surface area contributed by atoms with Crippen LogP contribution in [0.4, 0.5) is 5.13 Å². The number of aromatic nitrogens is 4. The van der Waals surface area contributed by atoms with Crippen molar-refractivity contribution in [2.45, 2.75) is 26.4 Å². The van der Waals surface area contributed by atoms with Gasteiger partial charge >= 0.3 is 0 Å². The van der Waals surface area contributed by atoms with Gasteiger partial charge in [-0.2, -0.15) is 4.98 Å². The molecule has 32 heavy (non-hydrogen) atoms. The Labute approximate surface area is 193 Å². The Bertz CT molecular complexity index is 1330. The van der Waals surface area contributed by atoms with Gasteiger partial charge in [-0.25, -0.2) is 9.97 Å². The third-order valence-electron chi connectivity index (χ3n) is 4.80. The number of anilines is 1. The Morgan fingerprint density at radius 3 is 2.62 bits per heavy atom. The molecule has 10 heteroatoms. The molecule has 4 aromatic heterocycles. The van der Waals surface area contributed by atoms with Crippen molar-refractivity contribution >= 4 is 44.3 Å². The molecule has 4 heterocycles. The number of rotatable bonds is 5. The second kappa shape index (κ2) is 8.42. The Morgan fingerprint density at radius 2 is 1.91 bits per heavy atom. The molecule has 4 aromatic rings. The van der Waals surface area contributed by atoms with Crippen molar-refractivity contribution in [3.05, 3.63) is 58.8 Å². The zero-order valence-corrected chi connectivity index (χ0v) is 19.4. The summed E-state index contributed by atoms with van der Waals surface area (Å²) in [6.07, 6.45) is 4.59. The van der Waals surface area contributed by atoms with Crippen molar-refractivity contribution in [2.24, 2.45) is 0 Å². The van der Waals surface area contributed by atoms with Gasteiger partial charge in [-0.15, -0.1) is 0 Å². The molecule has 0 unspecified atom stereocenters. The number of thiazole rings is 1. The van der Waals surface area contributed by atoms with Crippen molar-refractivity contribution in [3.8, 4) is 16.9 Å². The third kappa shape index (κ3) is 4.40. The number of aliphatic hydroxyl groups is 1. The average molecular weight is 470 g/mol. The van der Waals surface area contributed by atoms with Gasteiger partial charge in [0.1, 0.15) is 10.9 Å². The van der Waals surface area contributed by atoms with Crippen molar-refractivity contribution in [2.75, 3.05) is 12.4 Å². The van der Waals surface area contributed by atoms with E-state index in [2.05, 4.69) is 25.3 Å². The van der Waals surface area contributed by atoms with Crippen LogP contribution < -0.4 is 10.1 Å². The second-order valence-corrected chi connectivity index (χ2v) is 9.07. The van der Waals surface area contributed by atoms with Crippen LogP contribution in [0, 0.1) is 6.92 Å². The molecule has 0 atom stereocenters. The number of nitrogens with one attached hydrogen (secondary N) is 1. The lowest BCUT2D eigenvalue weighted by atomic mass is 10.0. The lowest BCUT2D eigenvalue weighted by molar-refractivity contribution is 0.0784. The standard InChI is InChI=1S/C22H20ClN5O3S/c1-11-5-13(14-7-18(23)25-10-16(14)31-4)15(9-24-11)20(29)28-21-27-19-17(32-21)6-12(8-26-19)22(2,3)30/h5-10,30H,1-4H3,(H,26,27,28,29). The summed E-state index contributed by atoms with van der Waals surface area (Å²) >= 11 is 7.37. The Kier molecular flexibility index (Phi) is 5.81. The number of amides is 1. The molecule has 0 saturated heterocycles. The van der Waals surface area contributed by atoms with E-state index in [-0.39, 0.29) is 11.1 Å². The van der Waals surface area contributed by atoms with E-state index in [0.717, 1.165) is 10.4 Å². The van der Waals surface area contributed by atoms with Gasteiger partial charge in [-0.05, 0) is 39.0 Å². The van der Waals surface area contributed by atoms with E-state index in [1.807, 2.05) is 13.0 Å². The highest BCUT2D eigenvalue weighted by Gasteiger charge is 2.21. The number of pyridine rings is 3. The van der Waals surface area contributed by atoms with Crippen LogP contribution >= 0.6 is 22.9 Å². The van der Waals surface area contributed by atoms with Gasteiger partial charge in [0, 0.05) is 34.8 Å². The first-order chi connectivity index (χ1) is 15.2. The first-order valence-corrected chi connectivity index (χ1v) is 10.8. The van der Waals surface area contributed by atoms with Gasteiger partial charge in [-0.1, -0.05) is 22.9 Å². The zero-order chi connectivity index (χ0) is 23.0. The molecule has 1 amide bonds. The molecule has 164 valence electrons. The number of fused-ring (bicyclic) bond motifs is 1. The highest BCUT2D eigenvalue weighted by Crippen LogP contribution is 2.35. The smallest absolute Gasteiger partial charge is 0.259 e. The number of carbonyl (C=O) groups excluding carboxylic acids is 1. The summed E-state index contributed by atoms with van der Waals surface area (Å²) in [4.78, 5) is 30.2. The van der Waals surface area contributed by atoms with E-state index >= 15 is 0 Å². The third-order valence-corrected chi connectivity index (χ3v) is 5.92. The fraction of sp³-hybridized carbons (Fsp3) is 0.227. The Balaban J connectivity index is 1.71. The predicted octanol–water partition coefficient (Wildman–Crippen LogP) is 4.60. The van der Waals surface area contributed by atoms with Gasteiger partial charge < -0.3 is 9.84 Å². The average Bonchev–Trinajstić information content (AvgIpc) is 3.14. The number of aryl methyl sites for hydroxylation is 1. The molecular formula is C22H20ClN5O3S. The van der Waals surface area contributed by atoms with Crippen LogP contribution in [0.1, 0.15) is 35.5 Å². The van der Waals surface area contributed by atoms with Crippen molar-refractivity contribution in [3.63, 3.8) is 0 Å². The fourth-order valence-electron chi connectivity index (χ4n) is 3.13. The molecule has 0 fully saturated rings. The molecule has 0 aromatic carbocycles. The summed E-state index contributed by atoms with van der Waals surface area (Å²) in [7, 11) is 1.53. The maximum atomic E-state index is 13.2. The van der Waals surface area contributed by atoms with Crippen LogP contribution in [0.3, 0.4) is 0 Å². The second-order valence-electron chi connectivity index (χ2n) is 7.66. The van der Waals surface area contributed by atoms with E-state index in [0.29, 0.717) is 38.8 Å². The van der Waals surface area contributed by atoms with Gasteiger partial charge in [0.05, 0.1) is 29.2 Å². The summed E-state index contributed by atoms with van der Waals surface area (Å²) in [5, 5.41) is 13.7. The van der Waals surface area contributed by atoms with Crippen molar-refractivity contribution in [1.82, 2.24) is 19.9 Å². The van der Waals surface area contributed by atoms with Crippen molar-refractivity contribution in [1.29, 1.82) is 0 Å². The molecular weight excluding hydrogens is 450 g/mol. The highest BCUT2D eigenvalue weighted by atomic mass is 35.5. The van der Waals surface area contributed by atoms with E-state index in [1.54, 1.807) is 32.2 Å². The van der Waals surface area contributed by atoms with Crippen LogP contribution in [0.25, 0.3) is 21.5 Å². The minimum absolute atomic E-state index is 0.279. The zero-order valence-electron chi connectivity index (χ0n) is 17.8. The van der Waals surface area contributed by atoms with Crippen LogP contribution in [0.5, 0.6) is 5.75 Å². The molecule has 0 aliphatic rings. The predicted molar refractivity (Wildman–Crippen MR) is 124 cm³/mol. The Morgan fingerprint density at radius 1 is 1.12 bits per heavy atom. The molecule has 0 bridgehead atoms. The SMILES string of the molecule is COc1cnc(Cl)cc1-c1cc(C)ncc1C(=O)Nc1nc2ncc(C(C)(C)O)cc2s1. The minimum atomic E-state index is -1.03. The van der Waals surface area contributed by atoms with Crippen LogP contribution in [0.15, 0.2) is 36.8 Å². The number of hydrogen-bond acceptors (Lipinski definition) is 8. The molecule has 8 nitrogen and oxygen atoms in total. The maximum absolute atomic E-state index is 13.2. The van der Waals surface area contributed by atoms with E-state index < -0.39 is 5.60 Å². The normalized spacial score (nSPS) is 11.6. The van der Waals surface area contributed by atoms with E-state index in [1.165, 1.54) is 30.8 Å². The largest absolute Gasteiger partial charge is 0.494 e. The fourth-order valence-corrected chi connectivity index (χ4v) is 4.14. The quantitative estimate of drug-likeness (QED) is 0.411. The maximum Gasteiger partial charge on any atom is 0.259 e. The molecule has 0 aliphatic heterocycles. The van der Waals surface area contributed by atoms with Gasteiger partial charge in [0.15, 0.2) is 10.8 Å². The van der Waals surface area contributed by atoms with Gasteiger partial charge in [-0.3, -0.25) is 15.1 Å². The number of hydrogen-bond donors (Lipinski definition) is 2.